The van der Waals surface area contributed by atoms with Gasteiger partial charge in [-0.25, -0.2) is 0 Å². The van der Waals surface area contributed by atoms with Crippen LogP contribution < -0.4 is 0 Å². The maximum absolute atomic E-state index is 4.91. The molecule has 0 aromatic rings. The standard InChI is InChI=1S/C7H9N/c1-4-5-6-8-7(2)3/h1,5-6H,2-3H3/b6-5-. The summed E-state index contributed by atoms with van der Waals surface area (Å²) >= 11 is 0. The van der Waals surface area contributed by atoms with Crippen LogP contribution in [0.15, 0.2) is 17.3 Å². The fourth-order valence-corrected chi connectivity index (χ4v) is 0.229. The molecule has 0 fully saturated rings. The average molecular weight is 107 g/mol. The molecule has 0 aliphatic carbocycles. The van der Waals surface area contributed by atoms with Gasteiger partial charge in [-0.3, -0.25) is 4.99 Å². The third kappa shape index (κ3) is 4.97. The molecule has 0 aromatic heterocycles. The largest absolute Gasteiger partial charge is 0.266 e. The van der Waals surface area contributed by atoms with Crippen molar-refractivity contribution in [1.29, 1.82) is 0 Å². The van der Waals surface area contributed by atoms with E-state index in [0.717, 1.165) is 5.71 Å². The minimum Gasteiger partial charge on any atom is -0.266 e. The van der Waals surface area contributed by atoms with Crippen LogP contribution in [0, 0.1) is 12.3 Å². The Morgan fingerprint density at radius 3 is 2.62 bits per heavy atom. The van der Waals surface area contributed by atoms with Crippen molar-refractivity contribution >= 4 is 5.71 Å². The highest BCUT2D eigenvalue weighted by Gasteiger charge is 1.67. The monoisotopic (exact) mass is 107 g/mol. The Kier molecular flexibility index (Phi) is 3.60. The van der Waals surface area contributed by atoms with Crippen molar-refractivity contribution in [2.45, 2.75) is 13.8 Å². The lowest BCUT2D eigenvalue weighted by Crippen LogP contribution is -1.74. The van der Waals surface area contributed by atoms with Gasteiger partial charge in [0.15, 0.2) is 0 Å². The van der Waals surface area contributed by atoms with E-state index in [4.69, 9.17) is 6.42 Å². The molecule has 0 rings (SSSR count). The summed E-state index contributed by atoms with van der Waals surface area (Å²) in [6, 6.07) is 0. The number of hydrogen-bond donors (Lipinski definition) is 0. The van der Waals surface area contributed by atoms with E-state index in [0.29, 0.717) is 0 Å². The van der Waals surface area contributed by atoms with Gasteiger partial charge in [-0.05, 0) is 13.8 Å². The molecular weight excluding hydrogens is 98.1 g/mol. The van der Waals surface area contributed by atoms with E-state index in [9.17, 15) is 0 Å². The van der Waals surface area contributed by atoms with E-state index in [1.807, 2.05) is 13.8 Å². The van der Waals surface area contributed by atoms with E-state index in [1.54, 1.807) is 12.3 Å². The smallest absolute Gasteiger partial charge is 0.0350 e. The van der Waals surface area contributed by atoms with E-state index in [2.05, 4.69) is 10.9 Å². The highest BCUT2D eigenvalue weighted by molar-refractivity contribution is 5.79. The highest BCUT2D eigenvalue weighted by atomic mass is 14.7. The van der Waals surface area contributed by atoms with Crippen LogP contribution in [0.2, 0.25) is 0 Å². The zero-order valence-electron chi connectivity index (χ0n) is 5.18. The number of rotatable bonds is 1. The van der Waals surface area contributed by atoms with E-state index < -0.39 is 0 Å². The summed E-state index contributed by atoms with van der Waals surface area (Å²) in [5, 5.41) is 0. The SMILES string of the molecule is C#C/C=C\N=C(C)C. The molecule has 0 aromatic carbocycles. The van der Waals surface area contributed by atoms with Gasteiger partial charge >= 0.3 is 0 Å². The minimum absolute atomic E-state index is 1.01. The summed E-state index contributed by atoms with van der Waals surface area (Å²) in [4.78, 5) is 3.91. The summed E-state index contributed by atoms with van der Waals surface area (Å²) in [5.74, 6) is 2.34. The Labute approximate surface area is 50.1 Å². The van der Waals surface area contributed by atoms with Gasteiger partial charge in [-0.15, -0.1) is 6.42 Å². The molecule has 0 aliphatic heterocycles. The van der Waals surface area contributed by atoms with Crippen LogP contribution in [0.1, 0.15) is 13.8 Å². The molecule has 0 unspecified atom stereocenters. The van der Waals surface area contributed by atoms with Crippen molar-refractivity contribution in [3.63, 3.8) is 0 Å². The molecule has 0 saturated heterocycles. The molecule has 0 aliphatic rings. The lowest BCUT2D eigenvalue weighted by Gasteiger charge is -1.77. The number of allylic oxidation sites excluding steroid dienone is 1. The molecular formula is C7H9N. The van der Waals surface area contributed by atoms with Crippen molar-refractivity contribution in [3.05, 3.63) is 12.3 Å². The Bertz CT molecular complexity index is 142. The maximum Gasteiger partial charge on any atom is 0.0350 e. The van der Waals surface area contributed by atoms with Crippen LogP contribution in [-0.2, 0) is 0 Å². The van der Waals surface area contributed by atoms with Crippen molar-refractivity contribution in [1.82, 2.24) is 0 Å². The second-order valence-electron chi connectivity index (χ2n) is 1.56. The minimum atomic E-state index is 1.01. The van der Waals surface area contributed by atoms with Crippen LogP contribution >= 0.6 is 0 Å². The molecule has 1 heteroatoms. The molecule has 0 amide bonds. The molecule has 0 N–H and O–H groups in total. The molecule has 0 heterocycles. The lowest BCUT2D eigenvalue weighted by molar-refractivity contribution is 1.50. The van der Waals surface area contributed by atoms with Crippen LogP contribution in [0.4, 0.5) is 0 Å². The summed E-state index contributed by atoms with van der Waals surface area (Å²) in [6.45, 7) is 3.84. The van der Waals surface area contributed by atoms with Crippen molar-refractivity contribution in [2.75, 3.05) is 0 Å². The van der Waals surface area contributed by atoms with E-state index >= 15 is 0 Å². The van der Waals surface area contributed by atoms with Crippen LogP contribution in [0.5, 0.6) is 0 Å². The number of aliphatic imine (C=N–C) groups is 1. The van der Waals surface area contributed by atoms with Gasteiger partial charge in [-0.1, -0.05) is 5.92 Å². The summed E-state index contributed by atoms with van der Waals surface area (Å²) in [6.07, 6.45) is 8.08. The fraction of sp³-hybridized carbons (Fsp3) is 0.286. The molecule has 0 saturated carbocycles. The molecule has 42 valence electrons. The average Bonchev–Trinajstić information content (AvgIpc) is 1.66. The Balaban J connectivity index is 3.63. The lowest BCUT2D eigenvalue weighted by atomic mass is 10.5. The van der Waals surface area contributed by atoms with E-state index in [1.165, 1.54) is 0 Å². The van der Waals surface area contributed by atoms with Gasteiger partial charge in [0.05, 0.1) is 0 Å². The molecule has 0 spiro atoms. The van der Waals surface area contributed by atoms with Gasteiger partial charge < -0.3 is 0 Å². The first-order chi connectivity index (χ1) is 3.77. The van der Waals surface area contributed by atoms with Crippen LogP contribution in [0.3, 0.4) is 0 Å². The van der Waals surface area contributed by atoms with Crippen molar-refractivity contribution in [3.8, 4) is 12.3 Å². The van der Waals surface area contributed by atoms with Gasteiger partial charge in [0.2, 0.25) is 0 Å². The predicted molar refractivity (Wildman–Crippen MR) is 36.8 cm³/mol. The number of terminal acetylenes is 1. The maximum atomic E-state index is 4.91. The predicted octanol–water partition coefficient (Wildman–Crippen LogP) is 1.61. The Morgan fingerprint density at radius 1 is 1.62 bits per heavy atom. The second kappa shape index (κ2) is 4.14. The van der Waals surface area contributed by atoms with Crippen LogP contribution in [-0.4, -0.2) is 5.71 Å². The highest BCUT2D eigenvalue weighted by Crippen LogP contribution is 1.76. The summed E-state index contributed by atoms with van der Waals surface area (Å²) in [7, 11) is 0. The normalized spacial score (nSPS) is 8.62. The number of nitrogens with zero attached hydrogens (tertiary/aromatic N) is 1. The molecule has 0 radical (unpaired) electrons. The molecule has 1 nitrogen and oxygen atoms in total. The number of hydrogen-bond acceptors (Lipinski definition) is 1. The Morgan fingerprint density at radius 2 is 2.25 bits per heavy atom. The quantitative estimate of drug-likeness (QED) is 0.356. The Hall–Kier alpha value is -1.03. The van der Waals surface area contributed by atoms with Gasteiger partial charge in [0.1, 0.15) is 0 Å². The topological polar surface area (TPSA) is 12.4 Å². The first-order valence-electron chi connectivity index (χ1n) is 2.39. The molecule has 0 bridgehead atoms. The van der Waals surface area contributed by atoms with E-state index in [-0.39, 0.29) is 0 Å². The van der Waals surface area contributed by atoms with Crippen molar-refractivity contribution in [2.24, 2.45) is 4.99 Å². The van der Waals surface area contributed by atoms with Gasteiger partial charge in [-0.2, -0.15) is 0 Å². The van der Waals surface area contributed by atoms with Gasteiger partial charge in [0.25, 0.3) is 0 Å². The zero-order valence-corrected chi connectivity index (χ0v) is 5.18. The van der Waals surface area contributed by atoms with Crippen molar-refractivity contribution < 1.29 is 0 Å². The second-order valence-corrected chi connectivity index (χ2v) is 1.56. The zero-order chi connectivity index (χ0) is 6.41. The summed E-state index contributed by atoms with van der Waals surface area (Å²) in [5.41, 5.74) is 1.01. The molecule has 0 atom stereocenters. The first kappa shape index (κ1) is 6.97. The van der Waals surface area contributed by atoms with Gasteiger partial charge in [0, 0.05) is 18.0 Å². The molecule has 8 heavy (non-hydrogen) atoms. The fourth-order valence-electron chi connectivity index (χ4n) is 0.229. The summed E-state index contributed by atoms with van der Waals surface area (Å²) < 4.78 is 0. The first-order valence-corrected chi connectivity index (χ1v) is 2.39. The third-order valence-electron chi connectivity index (χ3n) is 0.503. The third-order valence-corrected chi connectivity index (χ3v) is 0.503. The van der Waals surface area contributed by atoms with Crippen LogP contribution in [0.25, 0.3) is 0 Å².